The fourth-order valence-corrected chi connectivity index (χ4v) is 3.46. The van der Waals surface area contributed by atoms with Gasteiger partial charge in [-0.3, -0.25) is 9.69 Å². The van der Waals surface area contributed by atoms with E-state index in [0.29, 0.717) is 30.9 Å². The van der Waals surface area contributed by atoms with Crippen molar-refractivity contribution in [2.75, 3.05) is 42.2 Å². The van der Waals surface area contributed by atoms with Crippen LogP contribution in [0.1, 0.15) is 6.42 Å². The van der Waals surface area contributed by atoms with E-state index in [0.717, 1.165) is 0 Å². The van der Waals surface area contributed by atoms with Gasteiger partial charge in [0.1, 0.15) is 0 Å². The molecular formula is C13H19N3O3S. The summed E-state index contributed by atoms with van der Waals surface area (Å²) in [6.45, 7) is 1.21. The van der Waals surface area contributed by atoms with Gasteiger partial charge in [0.05, 0.1) is 29.4 Å². The van der Waals surface area contributed by atoms with Crippen LogP contribution < -0.4 is 11.1 Å². The van der Waals surface area contributed by atoms with Crippen LogP contribution in [0.3, 0.4) is 0 Å². The summed E-state index contributed by atoms with van der Waals surface area (Å²) in [5, 5.41) is 2.74. The molecule has 1 amide bonds. The molecule has 0 aliphatic carbocycles. The Morgan fingerprint density at radius 3 is 2.75 bits per heavy atom. The fraction of sp³-hybridized carbons (Fsp3) is 0.462. The standard InChI is InChI=1S/C13H19N3O3S/c14-11-4-1-2-5-12(11)15-13(17)10-16-6-3-8-20(18,19)9-7-16/h1-2,4-5H,3,6-10,14H2,(H,15,17). The highest BCUT2D eigenvalue weighted by atomic mass is 32.2. The first kappa shape index (κ1) is 14.8. The van der Waals surface area contributed by atoms with Gasteiger partial charge in [0, 0.05) is 6.54 Å². The molecule has 0 bridgehead atoms. The second-order valence-corrected chi connectivity index (χ2v) is 7.22. The zero-order chi connectivity index (χ0) is 14.6. The van der Waals surface area contributed by atoms with Crippen LogP contribution in [0.2, 0.25) is 0 Å². The third-order valence-corrected chi connectivity index (χ3v) is 4.97. The highest BCUT2D eigenvalue weighted by Gasteiger charge is 2.20. The molecule has 1 fully saturated rings. The Bertz CT molecular complexity index is 586. The highest BCUT2D eigenvalue weighted by molar-refractivity contribution is 7.91. The van der Waals surface area contributed by atoms with Crippen molar-refractivity contribution in [3.63, 3.8) is 0 Å². The van der Waals surface area contributed by atoms with Crippen molar-refractivity contribution in [1.82, 2.24) is 4.90 Å². The summed E-state index contributed by atoms with van der Waals surface area (Å²) in [4.78, 5) is 13.8. The Balaban J connectivity index is 1.90. The molecule has 3 N–H and O–H groups in total. The molecule has 0 unspecified atom stereocenters. The smallest absolute Gasteiger partial charge is 0.238 e. The van der Waals surface area contributed by atoms with E-state index in [1.165, 1.54) is 0 Å². The molecule has 1 aromatic rings. The number of hydrogen-bond donors (Lipinski definition) is 2. The van der Waals surface area contributed by atoms with Crippen LogP contribution in [0, 0.1) is 0 Å². The van der Waals surface area contributed by atoms with Gasteiger partial charge >= 0.3 is 0 Å². The number of nitrogens with one attached hydrogen (secondary N) is 1. The van der Waals surface area contributed by atoms with Crippen LogP contribution in [-0.4, -0.2) is 50.4 Å². The van der Waals surface area contributed by atoms with Crippen molar-refractivity contribution in [2.24, 2.45) is 0 Å². The number of para-hydroxylation sites is 2. The van der Waals surface area contributed by atoms with Crippen molar-refractivity contribution in [3.8, 4) is 0 Å². The monoisotopic (exact) mass is 297 g/mol. The summed E-state index contributed by atoms with van der Waals surface area (Å²) in [5.41, 5.74) is 6.85. The number of rotatable bonds is 3. The molecule has 1 aromatic carbocycles. The molecule has 0 spiro atoms. The van der Waals surface area contributed by atoms with E-state index in [1.807, 2.05) is 4.90 Å². The second-order valence-electron chi connectivity index (χ2n) is 4.92. The van der Waals surface area contributed by atoms with E-state index in [4.69, 9.17) is 5.73 Å². The van der Waals surface area contributed by atoms with Crippen LogP contribution in [0.15, 0.2) is 24.3 Å². The van der Waals surface area contributed by atoms with E-state index in [2.05, 4.69) is 5.32 Å². The van der Waals surface area contributed by atoms with Crippen molar-refractivity contribution >= 4 is 27.1 Å². The average molecular weight is 297 g/mol. The number of anilines is 2. The predicted molar refractivity (Wildman–Crippen MR) is 79.2 cm³/mol. The highest BCUT2D eigenvalue weighted by Crippen LogP contribution is 2.16. The van der Waals surface area contributed by atoms with Gasteiger partial charge in [0.2, 0.25) is 5.91 Å². The van der Waals surface area contributed by atoms with Gasteiger partial charge < -0.3 is 11.1 Å². The summed E-state index contributed by atoms with van der Waals surface area (Å²) in [6.07, 6.45) is 0.573. The van der Waals surface area contributed by atoms with Gasteiger partial charge in [-0.15, -0.1) is 0 Å². The lowest BCUT2D eigenvalue weighted by Gasteiger charge is -2.18. The number of hydrogen-bond acceptors (Lipinski definition) is 5. The third-order valence-electron chi connectivity index (χ3n) is 3.25. The fourth-order valence-electron chi connectivity index (χ4n) is 2.15. The Labute approximate surface area is 118 Å². The number of benzene rings is 1. The minimum absolute atomic E-state index is 0.119. The van der Waals surface area contributed by atoms with Crippen molar-refractivity contribution in [1.29, 1.82) is 0 Å². The van der Waals surface area contributed by atoms with Crippen LogP contribution in [0.5, 0.6) is 0 Å². The number of carbonyl (C=O) groups is 1. The summed E-state index contributed by atoms with van der Waals surface area (Å²) >= 11 is 0. The molecule has 6 nitrogen and oxygen atoms in total. The molecule has 1 aliphatic rings. The zero-order valence-electron chi connectivity index (χ0n) is 11.2. The van der Waals surface area contributed by atoms with Gasteiger partial charge in [-0.05, 0) is 25.1 Å². The normalized spacial score (nSPS) is 19.2. The molecule has 1 heterocycles. The van der Waals surface area contributed by atoms with Crippen LogP contribution >= 0.6 is 0 Å². The van der Waals surface area contributed by atoms with Gasteiger partial charge in [0.25, 0.3) is 0 Å². The van der Waals surface area contributed by atoms with Crippen molar-refractivity contribution in [2.45, 2.75) is 6.42 Å². The topological polar surface area (TPSA) is 92.5 Å². The van der Waals surface area contributed by atoms with Crippen LogP contribution in [0.25, 0.3) is 0 Å². The largest absolute Gasteiger partial charge is 0.397 e. The SMILES string of the molecule is Nc1ccccc1NC(=O)CN1CCCS(=O)(=O)CC1. The Morgan fingerprint density at radius 2 is 2.00 bits per heavy atom. The summed E-state index contributed by atoms with van der Waals surface area (Å²) < 4.78 is 23.0. The Hall–Kier alpha value is -1.60. The number of nitrogens with zero attached hydrogens (tertiary/aromatic N) is 1. The van der Waals surface area contributed by atoms with Gasteiger partial charge in [0.15, 0.2) is 9.84 Å². The van der Waals surface area contributed by atoms with E-state index < -0.39 is 9.84 Å². The molecule has 2 rings (SSSR count). The number of amides is 1. The number of sulfone groups is 1. The first-order valence-corrected chi connectivity index (χ1v) is 8.35. The molecule has 0 aromatic heterocycles. The van der Waals surface area contributed by atoms with Gasteiger partial charge in [-0.2, -0.15) is 0 Å². The molecule has 20 heavy (non-hydrogen) atoms. The molecule has 110 valence electrons. The number of carbonyl (C=O) groups excluding carboxylic acids is 1. The maximum absolute atomic E-state index is 11.9. The minimum atomic E-state index is -2.95. The van der Waals surface area contributed by atoms with E-state index in [9.17, 15) is 13.2 Å². The molecule has 0 saturated carbocycles. The maximum Gasteiger partial charge on any atom is 0.238 e. The van der Waals surface area contributed by atoms with E-state index >= 15 is 0 Å². The first-order chi connectivity index (χ1) is 9.46. The molecule has 0 radical (unpaired) electrons. The van der Waals surface area contributed by atoms with Gasteiger partial charge in [-0.25, -0.2) is 8.42 Å². The molecule has 7 heteroatoms. The zero-order valence-corrected chi connectivity index (χ0v) is 12.0. The predicted octanol–water partition coefficient (Wildman–Crippen LogP) is 0.328. The maximum atomic E-state index is 11.9. The van der Waals surface area contributed by atoms with Crippen molar-refractivity contribution < 1.29 is 13.2 Å². The summed E-state index contributed by atoms with van der Waals surface area (Å²) in [6, 6.07) is 7.05. The first-order valence-electron chi connectivity index (χ1n) is 6.53. The Morgan fingerprint density at radius 1 is 1.25 bits per heavy atom. The average Bonchev–Trinajstić information content (AvgIpc) is 2.54. The van der Waals surface area contributed by atoms with E-state index in [-0.39, 0.29) is 24.0 Å². The lowest BCUT2D eigenvalue weighted by Crippen LogP contribution is -2.35. The lowest BCUT2D eigenvalue weighted by molar-refractivity contribution is -0.117. The quantitative estimate of drug-likeness (QED) is 0.784. The van der Waals surface area contributed by atoms with Crippen molar-refractivity contribution in [3.05, 3.63) is 24.3 Å². The van der Waals surface area contributed by atoms with Crippen LogP contribution in [0.4, 0.5) is 11.4 Å². The molecule has 0 atom stereocenters. The van der Waals surface area contributed by atoms with Gasteiger partial charge in [-0.1, -0.05) is 12.1 Å². The second kappa shape index (κ2) is 6.23. The third kappa shape index (κ3) is 4.21. The minimum Gasteiger partial charge on any atom is -0.397 e. The van der Waals surface area contributed by atoms with Crippen LogP contribution in [-0.2, 0) is 14.6 Å². The summed E-state index contributed by atoms with van der Waals surface area (Å²) in [5.74, 6) is 0.145. The number of nitrogen functional groups attached to an aromatic ring is 1. The number of nitrogens with two attached hydrogens (primary N) is 1. The molecule has 1 saturated heterocycles. The Kier molecular flexibility index (Phi) is 4.61. The molecule has 1 aliphatic heterocycles. The molecular weight excluding hydrogens is 278 g/mol. The lowest BCUT2D eigenvalue weighted by atomic mass is 10.2. The van der Waals surface area contributed by atoms with E-state index in [1.54, 1.807) is 24.3 Å². The summed E-state index contributed by atoms with van der Waals surface area (Å²) in [7, 11) is -2.95.